The van der Waals surface area contributed by atoms with Gasteiger partial charge in [-0.2, -0.15) is 13.2 Å². The SMILES string of the molecule is CCc1cc(C(=O)NCc2ccc(OCC(F)(F)F)cc2)sc1C. The molecule has 2 rings (SSSR count). The molecule has 1 N–H and O–H groups in total. The van der Waals surface area contributed by atoms with Gasteiger partial charge in [-0.1, -0.05) is 19.1 Å². The molecule has 24 heavy (non-hydrogen) atoms. The Morgan fingerprint density at radius 3 is 2.46 bits per heavy atom. The Hall–Kier alpha value is -2.02. The van der Waals surface area contributed by atoms with E-state index in [1.807, 2.05) is 19.9 Å². The molecule has 3 nitrogen and oxygen atoms in total. The van der Waals surface area contributed by atoms with Crippen LogP contribution in [0.1, 0.15) is 32.6 Å². The molecular weight excluding hydrogens is 339 g/mol. The van der Waals surface area contributed by atoms with Crippen LogP contribution in [0.25, 0.3) is 0 Å². The largest absolute Gasteiger partial charge is 0.484 e. The highest BCUT2D eigenvalue weighted by Gasteiger charge is 2.28. The first-order chi connectivity index (χ1) is 11.3. The van der Waals surface area contributed by atoms with E-state index in [4.69, 9.17) is 0 Å². The number of carbonyl (C=O) groups is 1. The van der Waals surface area contributed by atoms with Gasteiger partial charge in [0.2, 0.25) is 0 Å². The summed E-state index contributed by atoms with van der Waals surface area (Å²) in [6.07, 6.45) is -3.47. The van der Waals surface area contributed by atoms with Gasteiger partial charge in [-0.15, -0.1) is 11.3 Å². The summed E-state index contributed by atoms with van der Waals surface area (Å²) in [5.74, 6) is -0.0101. The molecule has 0 saturated heterocycles. The topological polar surface area (TPSA) is 38.3 Å². The van der Waals surface area contributed by atoms with E-state index in [-0.39, 0.29) is 11.7 Å². The van der Waals surface area contributed by atoms with E-state index in [0.717, 1.165) is 22.4 Å². The molecule has 1 aromatic heterocycles. The number of hydrogen-bond donors (Lipinski definition) is 1. The molecule has 0 radical (unpaired) electrons. The van der Waals surface area contributed by atoms with Gasteiger partial charge in [0.15, 0.2) is 6.61 Å². The number of benzene rings is 1. The van der Waals surface area contributed by atoms with Crippen LogP contribution in [0.3, 0.4) is 0 Å². The summed E-state index contributed by atoms with van der Waals surface area (Å²) in [5, 5.41) is 2.81. The van der Waals surface area contributed by atoms with Crippen molar-refractivity contribution in [2.45, 2.75) is 33.0 Å². The lowest BCUT2D eigenvalue weighted by atomic mass is 10.2. The highest BCUT2D eigenvalue weighted by molar-refractivity contribution is 7.14. The van der Waals surface area contributed by atoms with Crippen molar-refractivity contribution in [2.75, 3.05) is 6.61 Å². The number of ether oxygens (including phenoxy) is 1. The molecule has 0 spiro atoms. The van der Waals surface area contributed by atoms with Gasteiger partial charge in [-0.3, -0.25) is 4.79 Å². The minimum absolute atomic E-state index is 0.142. The van der Waals surface area contributed by atoms with Crippen LogP contribution in [0.4, 0.5) is 13.2 Å². The molecule has 1 aromatic carbocycles. The molecule has 1 heterocycles. The van der Waals surface area contributed by atoms with Crippen LogP contribution >= 0.6 is 11.3 Å². The molecular formula is C17H18F3NO2S. The van der Waals surface area contributed by atoms with Crippen molar-refractivity contribution < 1.29 is 22.7 Å². The molecule has 0 saturated carbocycles. The van der Waals surface area contributed by atoms with Gasteiger partial charge in [0.05, 0.1) is 4.88 Å². The van der Waals surface area contributed by atoms with E-state index in [2.05, 4.69) is 10.1 Å². The van der Waals surface area contributed by atoms with Crippen molar-refractivity contribution in [1.82, 2.24) is 5.32 Å². The highest BCUT2D eigenvalue weighted by Crippen LogP contribution is 2.22. The fraction of sp³-hybridized carbons (Fsp3) is 0.353. The maximum absolute atomic E-state index is 12.1. The van der Waals surface area contributed by atoms with Gasteiger partial charge in [0, 0.05) is 11.4 Å². The van der Waals surface area contributed by atoms with Gasteiger partial charge < -0.3 is 10.1 Å². The van der Waals surface area contributed by atoms with Crippen LogP contribution in [0.15, 0.2) is 30.3 Å². The summed E-state index contributed by atoms with van der Waals surface area (Å²) in [7, 11) is 0. The minimum atomic E-state index is -4.36. The van der Waals surface area contributed by atoms with Gasteiger partial charge >= 0.3 is 6.18 Å². The van der Waals surface area contributed by atoms with Crippen LogP contribution < -0.4 is 10.1 Å². The Bertz CT molecular complexity index is 693. The van der Waals surface area contributed by atoms with Crippen LogP contribution in [0.5, 0.6) is 5.75 Å². The Morgan fingerprint density at radius 1 is 1.25 bits per heavy atom. The van der Waals surface area contributed by atoms with Crippen LogP contribution in [-0.2, 0) is 13.0 Å². The zero-order valence-corrected chi connectivity index (χ0v) is 14.2. The smallest absolute Gasteiger partial charge is 0.422 e. The Labute approximate surface area is 142 Å². The normalized spacial score (nSPS) is 11.4. The summed E-state index contributed by atoms with van der Waals surface area (Å²) < 4.78 is 40.9. The molecule has 0 aliphatic carbocycles. The molecule has 7 heteroatoms. The van der Waals surface area contributed by atoms with E-state index < -0.39 is 12.8 Å². The first-order valence-electron chi connectivity index (χ1n) is 7.44. The van der Waals surface area contributed by atoms with Crippen molar-refractivity contribution in [2.24, 2.45) is 0 Å². The third-order valence-electron chi connectivity index (χ3n) is 3.40. The minimum Gasteiger partial charge on any atom is -0.484 e. The van der Waals surface area contributed by atoms with Crippen molar-refractivity contribution in [3.8, 4) is 5.75 Å². The van der Waals surface area contributed by atoms with E-state index in [1.165, 1.54) is 23.5 Å². The van der Waals surface area contributed by atoms with E-state index in [1.54, 1.807) is 12.1 Å². The van der Waals surface area contributed by atoms with E-state index in [0.29, 0.717) is 11.4 Å². The standard InChI is InChI=1S/C17H18F3NO2S/c1-3-13-8-15(24-11(13)2)16(22)21-9-12-4-6-14(7-5-12)23-10-17(18,19)20/h4-8H,3,9-10H2,1-2H3,(H,21,22). The number of alkyl halides is 3. The summed E-state index contributed by atoms with van der Waals surface area (Å²) in [4.78, 5) is 13.9. The lowest BCUT2D eigenvalue weighted by Crippen LogP contribution is -2.21. The number of aryl methyl sites for hydroxylation is 2. The summed E-state index contributed by atoms with van der Waals surface area (Å²) in [6, 6.07) is 8.06. The summed E-state index contributed by atoms with van der Waals surface area (Å²) in [6.45, 7) is 3.01. The number of thiophene rings is 1. The number of carbonyl (C=O) groups excluding carboxylic acids is 1. The fourth-order valence-corrected chi connectivity index (χ4v) is 3.15. The molecule has 0 unspecified atom stereocenters. The molecule has 130 valence electrons. The molecule has 0 bridgehead atoms. The number of halogens is 3. The van der Waals surface area contributed by atoms with Gasteiger partial charge in [-0.05, 0) is 42.7 Å². The molecule has 1 amide bonds. The molecule has 0 fully saturated rings. The predicted octanol–water partition coefficient (Wildman–Crippen LogP) is 4.49. The molecule has 0 aliphatic rings. The maximum atomic E-state index is 12.1. The molecule has 0 aliphatic heterocycles. The first kappa shape index (κ1) is 18.3. The second-order valence-corrected chi connectivity index (χ2v) is 6.53. The third kappa shape index (κ3) is 5.26. The average molecular weight is 357 g/mol. The zero-order valence-electron chi connectivity index (χ0n) is 13.4. The van der Waals surface area contributed by atoms with Crippen molar-refractivity contribution in [1.29, 1.82) is 0 Å². The second-order valence-electron chi connectivity index (χ2n) is 5.28. The molecule has 0 atom stereocenters. The third-order valence-corrected chi connectivity index (χ3v) is 4.50. The quantitative estimate of drug-likeness (QED) is 0.827. The predicted molar refractivity (Wildman–Crippen MR) is 87.6 cm³/mol. The Balaban J connectivity index is 1.88. The van der Waals surface area contributed by atoms with Crippen molar-refractivity contribution in [3.05, 3.63) is 51.2 Å². The van der Waals surface area contributed by atoms with E-state index in [9.17, 15) is 18.0 Å². The number of rotatable bonds is 6. The van der Waals surface area contributed by atoms with Crippen molar-refractivity contribution in [3.63, 3.8) is 0 Å². The fourth-order valence-electron chi connectivity index (χ4n) is 2.12. The lowest BCUT2D eigenvalue weighted by Gasteiger charge is -2.10. The summed E-state index contributed by atoms with van der Waals surface area (Å²) >= 11 is 1.45. The van der Waals surface area contributed by atoms with Crippen LogP contribution in [-0.4, -0.2) is 18.7 Å². The van der Waals surface area contributed by atoms with Crippen LogP contribution in [0, 0.1) is 6.92 Å². The van der Waals surface area contributed by atoms with Gasteiger partial charge in [0.1, 0.15) is 5.75 Å². The number of amides is 1. The molecule has 2 aromatic rings. The highest BCUT2D eigenvalue weighted by atomic mass is 32.1. The Morgan fingerprint density at radius 2 is 1.92 bits per heavy atom. The number of nitrogens with one attached hydrogen (secondary N) is 1. The van der Waals surface area contributed by atoms with Crippen molar-refractivity contribution >= 4 is 17.2 Å². The second kappa shape index (κ2) is 7.70. The van der Waals surface area contributed by atoms with Gasteiger partial charge in [-0.25, -0.2) is 0 Å². The lowest BCUT2D eigenvalue weighted by molar-refractivity contribution is -0.153. The monoisotopic (exact) mass is 357 g/mol. The zero-order chi connectivity index (χ0) is 17.7. The van der Waals surface area contributed by atoms with Gasteiger partial charge in [0.25, 0.3) is 5.91 Å². The van der Waals surface area contributed by atoms with Crippen LogP contribution in [0.2, 0.25) is 0 Å². The number of hydrogen-bond acceptors (Lipinski definition) is 3. The summed E-state index contributed by atoms with van der Waals surface area (Å²) in [5.41, 5.74) is 1.95. The van der Waals surface area contributed by atoms with E-state index >= 15 is 0 Å². The first-order valence-corrected chi connectivity index (χ1v) is 8.26. The average Bonchev–Trinajstić information content (AvgIpc) is 2.92. The maximum Gasteiger partial charge on any atom is 0.422 e. The Kier molecular flexibility index (Phi) is 5.88.